The third-order valence-corrected chi connectivity index (χ3v) is 1.76. The first-order valence-corrected chi connectivity index (χ1v) is 4.54. The summed E-state index contributed by atoms with van der Waals surface area (Å²) in [7, 11) is 0. The van der Waals surface area contributed by atoms with Crippen molar-refractivity contribution in [1.29, 1.82) is 0 Å². The third kappa shape index (κ3) is 2.98. The molecule has 1 saturated heterocycles. The molecule has 1 aliphatic rings. The largest absolute Gasteiger partial charge is 0.389 e. The molecule has 3 N–H and O–H groups in total. The number of hydrogen-bond donors (Lipinski definition) is 4. The standard InChI is InChI=1S/C7H11N3O2S/c11-6-5(9-7(12)10-6)4-8-2-1-3-13/h4,8,13H,1-3H2,(H2,9,10,11,12)/b5-4+. The van der Waals surface area contributed by atoms with Crippen LogP contribution in [0.15, 0.2) is 11.9 Å². The van der Waals surface area contributed by atoms with Crippen LogP contribution in [0.1, 0.15) is 6.42 Å². The van der Waals surface area contributed by atoms with E-state index in [1.807, 2.05) is 0 Å². The quantitative estimate of drug-likeness (QED) is 0.216. The lowest BCUT2D eigenvalue weighted by molar-refractivity contribution is -0.115. The number of rotatable bonds is 4. The number of carbonyl (C=O) groups is 2. The van der Waals surface area contributed by atoms with Gasteiger partial charge >= 0.3 is 6.03 Å². The van der Waals surface area contributed by atoms with Crippen LogP contribution in [0.4, 0.5) is 4.79 Å². The van der Waals surface area contributed by atoms with Gasteiger partial charge in [0.25, 0.3) is 5.91 Å². The molecule has 0 aromatic carbocycles. The number of imide groups is 1. The molecule has 3 amide bonds. The molecule has 0 atom stereocenters. The molecule has 1 aliphatic heterocycles. The number of nitrogens with one attached hydrogen (secondary N) is 3. The summed E-state index contributed by atoms with van der Waals surface area (Å²) in [5, 5.41) is 7.35. The average Bonchev–Trinajstić information content (AvgIpc) is 2.39. The predicted molar refractivity (Wildman–Crippen MR) is 51.2 cm³/mol. The molecule has 0 aromatic rings. The number of thiol groups is 1. The van der Waals surface area contributed by atoms with Gasteiger partial charge < -0.3 is 10.6 Å². The van der Waals surface area contributed by atoms with Crippen LogP contribution < -0.4 is 16.0 Å². The number of urea groups is 1. The second kappa shape index (κ2) is 4.76. The van der Waals surface area contributed by atoms with Crippen LogP contribution >= 0.6 is 12.6 Å². The summed E-state index contributed by atoms with van der Waals surface area (Å²) in [5.41, 5.74) is 0.254. The van der Waals surface area contributed by atoms with Gasteiger partial charge in [-0.2, -0.15) is 12.6 Å². The lowest BCUT2D eigenvalue weighted by Gasteiger charge is -1.98. The van der Waals surface area contributed by atoms with Crippen molar-refractivity contribution in [3.05, 3.63) is 11.9 Å². The molecule has 1 heterocycles. The zero-order valence-electron chi connectivity index (χ0n) is 6.96. The zero-order chi connectivity index (χ0) is 9.68. The van der Waals surface area contributed by atoms with E-state index in [9.17, 15) is 9.59 Å². The first-order chi connectivity index (χ1) is 6.24. The highest BCUT2D eigenvalue weighted by Gasteiger charge is 2.22. The van der Waals surface area contributed by atoms with Gasteiger partial charge in [0.05, 0.1) is 0 Å². The Morgan fingerprint density at radius 3 is 2.69 bits per heavy atom. The van der Waals surface area contributed by atoms with Gasteiger partial charge in [0.1, 0.15) is 5.70 Å². The van der Waals surface area contributed by atoms with Gasteiger partial charge in [-0.05, 0) is 12.2 Å². The molecule has 0 unspecified atom stereocenters. The second-order valence-corrected chi connectivity index (χ2v) is 2.94. The molecule has 5 nitrogen and oxygen atoms in total. The SMILES string of the molecule is O=C1NC(=O)/C(=C\NCCCS)N1. The highest BCUT2D eigenvalue weighted by atomic mass is 32.1. The van der Waals surface area contributed by atoms with Crippen molar-refractivity contribution < 1.29 is 9.59 Å². The topological polar surface area (TPSA) is 70.2 Å². The maximum Gasteiger partial charge on any atom is 0.326 e. The molecule has 13 heavy (non-hydrogen) atoms. The van der Waals surface area contributed by atoms with Crippen LogP contribution in [-0.4, -0.2) is 24.2 Å². The minimum atomic E-state index is -0.479. The number of carbonyl (C=O) groups excluding carboxylic acids is 2. The Morgan fingerprint density at radius 1 is 1.38 bits per heavy atom. The molecule has 1 rings (SSSR count). The van der Waals surface area contributed by atoms with E-state index in [0.717, 1.165) is 18.7 Å². The molecule has 0 radical (unpaired) electrons. The van der Waals surface area contributed by atoms with Crippen molar-refractivity contribution in [1.82, 2.24) is 16.0 Å². The summed E-state index contributed by atoms with van der Waals surface area (Å²) < 4.78 is 0. The van der Waals surface area contributed by atoms with Crippen molar-refractivity contribution in [2.24, 2.45) is 0 Å². The van der Waals surface area contributed by atoms with Crippen LogP contribution in [0, 0.1) is 0 Å². The Bertz CT molecular complexity index is 252. The minimum absolute atomic E-state index is 0.254. The Morgan fingerprint density at radius 2 is 2.15 bits per heavy atom. The van der Waals surface area contributed by atoms with Crippen molar-refractivity contribution in [2.45, 2.75) is 6.42 Å². The van der Waals surface area contributed by atoms with E-state index in [1.54, 1.807) is 0 Å². The van der Waals surface area contributed by atoms with E-state index < -0.39 is 11.9 Å². The lowest BCUT2D eigenvalue weighted by Crippen LogP contribution is -2.22. The molecule has 0 spiro atoms. The summed E-state index contributed by atoms with van der Waals surface area (Å²) in [6.45, 7) is 0.732. The van der Waals surface area contributed by atoms with Gasteiger partial charge in [-0.1, -0.05) is 0 Å². The van der Waals surface area contributed by atoms with Gasteiger partial charge in [-0.15, -0.1) is 0 Å². The van der Waals surface area contributed by atoms with Gasteiger partial charge in [-0.3, -0.25) is 10.1 Å². The molecule has 6 heteroatoms. The van der Waals surface area contributed by atoms with Crippen LogP contribution in [0.5, 0.6) is 0 Å². The zero-order valence-corrected chi connectivity index (χ0v) is 7.86. The van der Waals surface area contributed by atoms with E-state index in [2.05, 4.69) is 28.6 Å². The highest BCUT2D eigenvalue weighted by molar-refractivity contribution is 7.80. The number of amides is 3. The van der Waals surface area contributed by atoms with Crippen LogP contribution in [0.25, 0.3) is 0 Å². The molecule has 0 saturated carbocycles. The van der Waals surface area contributed by atoms with Gasteiger partial charge in [-0.25, -0.2) is 4.79 Å². The molecule has 1 fully saturated rings. The molecular weight excluding hydrogens is 190 g/mol. The fourth-order valence-corrected chi connectivity index (χ4v) is 0.996. The van der Waals surface area contributed by atoms with E-state index in [1.165, 1.54) is 6.20 Å². The predicted octanol–water partition coefficient (Wildman–Crippen LogP) is -0.423. The Hall–Kier alpha value is -1.17. The van der Waals surface area contributed by atoms with Crippen LogP contribution in [0.3, 0.4) is 0 Å². The molecular formula is C7H11N3O2S. The Kier molecular flexibility index (Phi) is 3.63. The summed E-state index contributed by atoms with van der Waals surface area (Å²) in [6, 6.07) is -0.479. The lowest BCUT2D eigenvalue weighted by atomic mass is 10.4. The first kappa shape index (κ1) is 9.91. The summed E-state index contributed by atoms with van der Waals surface area (Å²) in [4.78, 5) is 21.6. The smallest absolute Gasteiger partial charge is 0.326 e. The molecule has 0 bridgehead atoms. The Balaban J connectivity index is 2.34. The third-order valence-electron chi connectivity index (χ3n) is 1.45. The fourth-order valence-electron chi connectivity index (χ4n) is 0.838. The minimum Gasteiger partial charge on any atom is -0.389 e. The number of hydrogen-bond acceptors (Lipinski definition) is 4. The van der Waals surface area contributed by atoms with Crippen molar-refractivity contribution in [3.8, 4) is 0 Å². The maximum absolute atomic E-state index is 10.9. The monoisotopic (exact) mass is 201 g/mol. The highest BCUT2D eigenvalue weighted by Crippen LogP contribution is 1.94. The Labute approximate surface area is 81.4 Å². The van der Waals surface area contributed by atoms with E-state index >= 15 is 0 Å². The van der Waals surface area contributed by atoms with Crippen LogP contribution in [-0.2, 0) is 4.79 Å². The molecule has 72 valence electrons. The first-order valence-electron chi connectivity index (χ1n) is 3.91. The van der Waals surface area contributed by atoms with E-state index in [0.29, 0.717) is 0 Å². The van der Waals surface area contributed by atoms with Crippen molar-refractivity contribution >= 4 is 24.6 Å². The van der Waals surface area contributed by atoms with Crippen LogP contribution in [0.2, 0.25) is 0 Å². The molecule has 0 aromatic heterocycles. The maximum atomic E-state index is 10.9. The fraction of sp³-hybridized carbons (Fsp3) is 0.429. The second-order valence-electron chi connectivity index (χ2n) is 2.50. The van der Waals surface area contributed by atoms with Gasteiger partial charge in [0.15, 0.2) is 0 Å². The van der Waals surface area contributed by atoms with E-state index in [-0.39, 0.29) is 5.70 Å². The van der Waals surface area contributed by atoms with Crippen molar-refractivity contribution in [2.75, 3.05) is 12.3 Å². The summed E-state index contributed by atoms with van der Waals surface area (Å²) in [5.74, 6) is 0.387. The van der Waals surface area contributed by atoms with Gasteiger partial charge in [0.2, 0.25) is 0 Å². The van der Waals surface area contributed by atoms with E-state index in [4.69, 9.17) is 0 Å². The van der Waals surface area contributed by atoms with Crippen molar-refractivity contribution in [3.63, 3.8) is 0 Å². The summed E-state index contributed by atoms with van der Waals surface area (Å²) in [6.07, 6.45) is 2.39. The average molecular weight is 201 g/mol. The summed E-state index contributed by atoms with van der Waals surface area (Å²) >= 11 is 4.03. The normalized spacial score (nSPS) is 18.7. The van der Waals surface area contributed by atoms with Gasteiger partial charge in [0, 0.05) is 12.7 Å². The molecule has 0 aliphatic carbocycles.